The zero-order valence-electron chi connectivity index (χ0n) is 9.57. The van der Waals surface area contributed by atoms with Crippen molar-refractivity contribution in [2.45, 2.75) is 19.8 Å². The molecule has 3 heteroatoms. The highest BCUT2D eigenvalue weighted by Crippen LogP contribution is 2.19. The van der Waals surface area contributed by atoms with Crippen LogP contribution in [0.15, 0.2) is 40.8 Å². The van der Waals surface area contributed by atoms with E-state index in [2.05, 4.69) is 0 Å². The molecule has 0 saturated heterocycles. The van der Waals surface area contributed by atoms with Crippen LogP contribution < -0.4 is 0 Å². The summed E-state index contributed by atoms with van der Waals surface area (Å²) in [7, 11) is 0. The van der Waals surface area contributed by atoms with Gasteiger partial charge in [0, 0.05) is 11.8 Å². The Morgan fingerprint density at radius 2 is 2.24 bits per heavy atom. The summed E-state index contributed by atoms with van der Waals surface area (Å²) in [4.78, 5) is 11.3. The minimum absolute atomic E-state index is 0.246. The van der Waals surface area contributed by atoms with Crippen molar-refractivity contribution in [2.24, 2.45) is 0 Å². The van der Waals surface area contributed by atoms with Crippen molar-refractivity contribution in [1.82, 2.24) is 0 Å². The lowest BCUT2D eigenvalue weighted by Gasteiger charge is -1.97. The maximum Gasteiger partial charge on any atom is 0.191 e. The fourth-order valence-electron chi connectivity index (χ4n) is 1.65. The number of benzene rings is 1. The summed E-state index contributed by atoms with van der Waals surface area (Å²) in [5.41, 5.74) is 1.42. The second-order valence-electron chi connectivity index (χ2n) is 3.88. The Bertz CT molecular complexity index is 566. The standard InChI is InChI=1S/C14H13FO2/c1-2-3-13(16)12(15)9-10-4-5-14-11(8-10)6-7-17-14/h4-9H,2-3H2,1H3/b12-9-. The van der Waals surface area contributed by atoms with E-state index in [-0.39, 0.29) is 6.42 Å². The lowest BCUT2D eigenvalue weighted by Crippen LogP contribution is -1.96. The van der Waals surface area contributed by atoms with Gasteiger partial charge in [0.2, 0.25) is 0 Å². The van der Waals surface area contributed by atoms with Crippen molar-refractivity contribution in [3.05, 3.63) is 41.9 Å². The zero-order valence-corrected chi connectivity index (χ0v) is 9.57. The highest BCUT2D eigenvalue weighted by molar-refractivity contribution is 5.97. The predicted octanol–water partition coefficient (Wildman–Crippen LogP) is 4.11. The highest BCUT2D eigenvalue weighted by Gasteiger charge is 2.07. The summed E-state index contributed by atoms with van der Waals surface area (Å²) < 4.78 is 18.7. The van der Waals surface area contributed by atoms with Gasteiger partial charge in [0.1, 0.15) is 5.58 Å². The van der Waals surface area contributed by atoms with Gasteiger partial charge in [-0.15, -0.1) is 0 Å². The summed E-state index contributed by atoms with van der Waals surface area (Å²) in [6, 6.07) is 7.08. The molecule has 0 spiro atoms. The number of ketones is 1. The average molecular weight is 232 g/mol. The topological polar surface area (TPSA) is 30.2 Å². The first-order valence-electron chi connectivity index (χ1n) is 5.58. The number of hydrogen-bond acceptors (Lipinski definition) is 2. The second-order valence-corrected chi connectivity index (χ2v) is 3.88. The maximum absolute atomic E-state index is 13.5. The van der Waals surface area contributed by atoms with E-state index in [0.717, 1.165) is 11.0 Å². The molecule has 0 atom stereocenters. The molecule has 17 heavy (non-hydrogen) atoms. The van der Waals surface area contributed by atoms with Crippen molar-refractivity contribution in [3.63, 3.8) is 0 Å². The normalized spacial score (nSPS) is 12.0. The number of halogens is 1. The monoisotopic (exact) mass is 232 g/mol. The Balaban J connectivity index is 2.27. The number of hydrogen-bond donors (Lipinski definition) is 0. The molecule has 0 aliphatic carbocycles. The number of Topliss-reactive ketones (excluding diaryl/α,β-unsaturated/α-hetero) is 1. The molecule has 0 radical (unpaired) electrons. The van der Waals surface area contributed by atoms with Crippen LogP contribution in [0.3, 0.4) is 0 Å². The third kappa shape index (κ3) is 2.61. The molecule has 0 saturated carbocycles. The number of furan rings is 1. The van der Waals surface area contributed by atoms with Gasteiger partial charge < -0.3 is 4.42 Å². The van der Waals surface area contributed by atoms with Gasteiger partial charge in [-0.1, -0.05) is 13.0 Å². The Morgan fingerprint density at radius 1 is 1.41 bits per heavy atom. The van der Waals surface area contributed by atoms with Crippen LogP contribution in [0.5, 0.6) is 0 Å². The third-order valence-electron chi connectivity index (χ3n) is 2.51. The molecule has 1 aromatic heterocycles. The lowest BCUT2D eigenvalue weighted by atomic mass is 10.1. The summed E-state index contributed by atoms with van der Waals surface area (Å²) in [5, 5.41) is 0.898. The molecule has 2 nitrogen and oxygen atoms in total. The van der Waals surface area contributed by atoms with Crippen LogP contribution in [-0.2, 0) is 4.79 Å². The fourth-order valence-corrected chi connectivity index (χ4v) is 1.65. The Kier molecular flexibility index (Phi) is 3.38. The number of rotatable bonds is 4. The molecule has 1 aromatic carbocycles. The van der Waals surface area contributed by atoms with E-state index in [9.17, 15) is 9.18 Å². The molecule has 0 N–H and O–H groups in total. The Labute approximate surface area is 98.7 Å². The quantitative estimate of drug-likeness (QED) is 0.742. The van der Waals surface area contributed by atoms with Crippen LogP contribution in [0.4, 0.5) is 4.39 Å². The molecular weight excluding hydrogens is 219 g/mol. The molecule has 0 aliphatic heterocycles. The minimum Gasteiger partial charge on any atom is -0.464 e. The number of carbonyl (C=O) groups is 1. The minimum atomic E-state index is -0.685. The molecule has 0 unspecified atom stereocenters. The van der Waals surface area contributed by atoms with Crippen molar-refractivity contribution >= 4 is 22.8 Å². The first-order valence-corrected chi connectivity index (χ1v) is 5.58. The predicted molar refractivity (Wildman–Crippen MR) is 65.2 cm³/mol. The molecule has 0 aliphatic rings. The molecule has 88 valence electrons. The van der Waals surface area contributed by atoms with Crippen LogP contribution in [0, 0.1) is 0 Å². The molecule has 0 amide bonds. The molecule has 2 rings (SSSR count). The van der Waals surface area contributed by atoms with E-state index in [1.165, 1.54) is 6.08 Å². The van der Waals surface area contributed by atoms with Crippen molar-refractivity contribution < 1.29 is 13.6 Å². The van der Waals surface area contributed by atoms with Crippen molar-refractivity contribution in [3.8, 4) is 0 Å². The average Bonchev–Trinajstić information content (AvgIpc) is 2.76. The van der Waals surface area contributed by atoms with Gasteiger partial charge >= 0.3 is 0 Å². The van der Waals surface area contributed by atoms with Gasteiger partial charge in [0.25, 0.3) is 0 Å². The van der Waals surface area contributed by atoms with E-state index in [4.69, 9.17) is 4.42 Å². The SMILES string of the molecule is CCCC(=O)/C(F)=C/c1ccc2occc2c1. The smallest absolute Gasteiger partial charge is 0.191 e. The molecule has 0 bridgehead atoms. The Morgan fingerprint density at radius 3 is 3.00 bits per heavy atom. The fraction of sp³-hybridized carbons (Fsp3) is 0.214. The Hall–Kier alpha value is -1.90. The second kappa shape index (κ2) is 4.95. The van der Waals surface area contributed by atoms with Crippen molar-refractivity contribution in [2.75, 3.05) is 0 Å². The largest absolute Gasteiger partial charge is 0.464 e. The van der Waals surface area contributed by atoms with E-state index in [0.29, 0.717) is 12.0 Å². The van der Waals surface area contributed by atoms with Crippen LogP contribution >= 0.6 is 0 Å². The number of carbonyl (C=O) groups excluding carboxylic acids is 1. The van der Waals surface area contributed by atoms with Crippen LogP contribution in [0.25, 0.3) is 17.0 Å². The summed E-state index contributed by atoms with van der Waals surface area (Å²) in [6.07, 6.45) is 3.75. The zero-order chi connectivity index (χ0) is 12.3. The van der Waals surface area contributed by atoms with Crippen molar-refractivity contribution in [1.29, 1.82) is 0 Å². The van der Waals surface area contributed by atoms with E-state index in [1.807, 2.05) is 6.92 Å². The van der Waals surface area contributed by atoms with E-state index < -0.39 is 11.6 Å². The summed E-state index contributed by atoms with van der Waals surface area (Å²) in [5.74, 6) is -1.13. The van der Waals surface area contributed by atoms with Crippen LogP contribution in [-0.4, -0.2) is 5.78 Å². The first kappa shape index (κ1) is 11.6. The maximum atomic E-state index is 13.5. The molecule has 2 aromatic rings. The highest BCUT2D eigenvalue weighted by atomic mass is 19.1. The van der Waals surface area contributed by atoms with Gasteiger partial charge in [-0.25, -0.2) is 4.39 Å². The lowest BCUT2D eigenvalue weighted by molar-refractivity contribution is -0.116. The van der Waals surface area contributed by atoms with E-state index in [1.54, 1.807) is 30.5 Å². The summed E-state index contributed by atoms with van der Waals surface area (Å²) in [6.45, 7) is 1.85. The van der Waals surface area contributed by atoms with Gasteiger partial charge in [-0.3, -0.25) is 4.79 Å². The van der Waals surface area contributed by atoms with Gasteiger partial charge in [-0.2, -0.15) is 0 Å². The molecule has 1 heterocycles. The molecule has 0 fully saturated rings. The number of fused-ring (bicyclic) bond motifs is 1. The molecular formula is C14H13FO2. The third-order valence-corrected chi connectivity index (χ3v) is 2.51. The summed E-state index contributed by atoms with van der Waals surface area (Å²) >= 11 is 0. The van der Waals surface area contributed by atoms with Gasteiger partial charge in [0.05, 0.1) is 6.26 Å². The number of allylic oxidation sites excluding steroid dienone is 1. The van der Waals surface area contributed by atoms with Crippen LogP contribution in [0.2, 0.25) is 0 Å². The van der Waals surface area contributed by atoms with Crippen LogP contribution in [0.1, 0.15) is 25.3 Å². The van der Waals surface area contributed by atoms with E-state index >= 15 is 0 Å². The van der Waals surface area contributed by atoms with Gasteiger partial charge in [-0.05, 0) is 36.3 Å². The van der Waals surface area contributed by atoms with Gasteiger partial charge in [0.15, 0.2) is 11.6 Å². The first-order chi connectivity index (χ1) is 8.20.